The number of benzene rings is 2. The van der Waals surface area contributed by atoms with Crippen molar-refractivity contribution in [2.45, 2.75) is 51.9 Å². The summed E-state index contributed by atoms with van der Waals surface area (Å²) in [6.07, 6.45) is 1.31. The number of hydrogen-bond acceptors (Lipinski definition) is 11. The van der Waals surface area contributed by atoms with E-state index in [4.69, 9.17) is 18.9 Å². The molecule has 2 aromatic rings. The third-order valence-corrected chi connectivity index (χ3v) is 8.70. The number of nitriles is 1. The monoisotopic (exact) mass is 684 g/mol. The molecule has 3 rings (SSSR count). The maximum Gasteiger partial charge on any atom is 0.336 e. The number of non-ortho nitro benzene ring substituents is 1. The Labute approximate surface area is 288 Å². The van der Waals surface area contributed by atoms with E-state index in [0.717, 1.165) is 5.56 Å². The highest BCUT2D eigenvalue weighted by molar-refractivity contribution is 5.99. The molecule has 0 bridgehead atoms. The van der Waals surface area contributed by atoms with Crippen LogP contribution < -0.4 is 14.8 Å². The first-order valence-electron chi connectivity index (χ1n) is 15.4. The van der Waals surface area contributed by atoms with Gasteiger partial charge < -0.3 is 29.2 Å². The molecule has 48 heavy (non-hydrogen) atoms. The minimum absolute atomic E-state index is 0. The fourth-order valence-corrected chi connectivity index (χ4v) is 6.04. The lowest BCUT2D eigenvalue weighted by Gasteiger charge is -2.32. The van der Waals surface area contributed by atoms with Crippen LogP contribution in [0.3, 0.4) is 0 Å². The maximum absolute atomic E-state index is 13.6. The smallest absolute Gasteiger partial charge is 0.336 e. The number of nitrogens with one attached hydrogen (secondary N) is 1. The van der Waals surface area contributed by atoms with E-state index in [-0.39, 0.29) is 41.8 Å². The predicted molar refractivity (Wildman–Crippen MR) is 183 cm³/mol. The summed E-state index contributed by atoms with van der Waals surface area (Å²) in [7, 11) is 6.29. The number of nitrogens with zero attached hydrogens (tertiary/aromatic N) is 3. The molecule has 0 aromatic heterocycles. The van der Waals surface area contributed by atoms with Gasteiger partial charge in [0.05, 0.1) is 54.8 Å². The second kappa shape index (κ2) is 17.5. The SMILES string of the molecule is COC(=O)C1=C(C)NC(C)=C(C(=O)OCCN(C)CCCC(C#N)(c2ccc(OC)c(OC)c2)C(C)C)C1c1cccc([N+](=O)[O-])c1.Cl. The van der Waals surface area contributed by atoms with Gasteiger partial charge in [-0.05, 0) is 69.5 Å². The van der Waals surface area contributed by atoms with Crippen LogP contribution in [0, 0.1) is 27.4 Å². The van der Waals surface area contributed by atoms with Gasteiger partial charge in [0.15, 0.2) is 11.5 Å². The topological polar surface area (TPSA) is 153 Å². The van der Waals surface area contributed by atoms with Gasteiger partial charge in [-0.15, -0.1) is 12.4 Å². The zero-order chi connectivity index (χ0) is 34.9. The van der Waals surface area contributed by atoms with Crippen LogP contribution in [0.5, 0.6) is 11.5 Å². The minimum atomic E-state index is -0.930. The van der Waals surface area contributed by atoms with Gasteiger partial charge in [-0.25, -0.2) is 9.59 Å². The Morgan fingerprint density at radius 2 is 1.67 bits per heavy atom. The number of nitro groups is 1. The Kier molecular flexibility index (Phi) is 14.4. The Morgan fingerprint density at radius 1 is 1.02 bits per heavy atom. The van der Waals surface area contributed by atoms with E-state index >= 15 is 0 Å². The van der Waals surface area contributed by atoms with E-state index in [1.165, 1.54) is 25.3 Å². The standard InChI is InChI=1S/C35H44N4O8.ClH/c1-22(2)35(21-36,26-13-14-28(44-6)29(20-26)45-7)15-10-16-38(5)17-18-47-34(41)31-24(4)37-23(3)30(33(40)46-8)32(31)25-11-9-12-27(19-25)39(42)43;/h9,11-14,19-20,22,32,37H,10,15-18H2,1-8H3;1H. The van der Waals surface area contributed by atoms with Crippen LogP contribution in [-0.4, -0.2) is 69.8 Å². The summed E-state index contributed by atoms with van der Waals surface area (Å²) < 4.78 is 21.6. The predicted octanol–water partition coefficient (Wildman–Crippen LogP) is 5.81. The summed E-state index contributed by atoms with van der Waals surface area (Å²) >= 11 is 0. The van der Waals surface area contributed by atoms with Crippen molar-refractivity contribution in [3.63, 3.8) is 0 Å². The van der Waals surface area contributed by atoms with Crippen LogP contribution in [-0.2, 0) is 24.5 Å². The summed E-state index contributed by atoms with van der Waals surface area (Å²) in [5, 5.41) is 24.9. The summed E-state index contributed by atoms with van der Waals surface area (Å²) in [4.78, 5) is 39.5. The molecule has 1 heterocycles. The van der Waals surface area contributed by atoms with Crippen LogP contribution in [0.1, 0.15) is 57.6 Å². The zero-order valence-electron chi connectivity index (χ0n) is 28.7. The molecule has 2 aromatic carbocycles. The number of dihydropyridines is 1. The molecular formula is C35H45ClN4O8. The molecule has 0 radical (unpaired) electrons. The van der Waals surface area contributed by atoms with E-state index < -0.39 is 28.2 Å². The van der Waals surface area contributed by atoms with Crippen molar-refractivity contribution in [2.75, 3.05) is 48.1 Å². The van der Waals surface area contributed by atoms with E-state index in [2.05, 4.69) is 11.4 Å². The molecule has 0 saturated carbocycles. The van der Waals surface area contributed by atoms with E-state index in [1.54, 1.807) is 34.1 Å². The van der Waals surface area contributed by atoms with Crippen molar-refractivity contribution < 1.29 is 33.5 Å². The third-order valence-electron chi connectivity index (χ3n) is 8.70. The highest BCUT2D eigenvalue weighted by Gasteiger charge is 2.39. The van der Waals surface area contributed by atoms with Gasteiger partial charge in [0.25, 0.3) is 5.69 Å². The number of carbonyl (C=O) groups is 2. The van der Waals surface area contributed by atoms with E-state index in [9.17, 15) is 25.0 Å². The van der Waals surface area contributed by atoms with Gasteiger partial charge in [-0.3, -0.25) is 10.1 Å². The number of methoxy groups -OCH3 is 3. The first-order valence-corrected chi connectivity index (χ1v) is 15.4. The fraction of sp³-hybridized carbons (Fsp3) is 0.457. The molecule has 0 saturated heterocycles. The molecule has 0 spiro atoms. The number of esters is 2. The molecule has 1 aliphatic rings. The number of allylic oxidation sites excluding steroid dienone is 2. The molecular weight excluding hydrogens is 640 g/mol. The molecule has 1 aliphatic heterocycles. The number of halogens is 1. The molecule has 260 valence electrons. The zero-order valence-corrected chi connectivity index (χ0v) is 29.6. The number of ether oxygens (including phenoxy) is 4. The molecule has 0 amide bonds. The highest BCUT2D eigenvalue weighted by atomic mass is 35.5. The largest absolute Gasteiger partial charge is 0.493 e. The van der Waals surface area contributed by atoms with Gasteiger partial charge in [-0.2, -0.15) is 5.26 Å². The molecule has 1 N–H and O–H groups in total. The number of nitro benzene ring substituents is 1. The number of hydrogen-bond donors (Lipinski definition) is 1. The Balaban J connectivity index is 0.00000800. The van der Waals surface area contributed by atoms with Crippen molar-refractivity contribution >= 4 is 30.0 Å². The fourth-order valence-electron chi connectivity index (χ4n) is 6.04. The number of rotatable bonds is 15. The van der Waals surface area contributed by atoms with Crippen LogP contribution in [0.25, 0.3) is 0 Å². The molecule has 0 fully saturated rings. The van der Waals surface area contributed by atoms with E-state index in [0.29, 0.717) is 54.4 Å². The summed E-state index contributed by atoms with van der Waals surface area (Å²) in [6.45, 7) is 8.57. The lowest BCUT2D eigenvalue weighted by Crippen LogP contribution is -2.34. The van der Waals surface area contributed by atoms with Crippen LogP contribution in [0.15, 0.2) is 65.0 Å². The minimum Gasteiger partial charge on any atom is -0.493 e. The van der Waals surface area contributed by atoms with E-state index in [1.807, 2.05) is 44.0 Å². The van der Waals surface area contributed by atoms with Gasteiger partial charge in [0.2, 0.25) is 0 Å². The molecule has 0 aliphatic carbocycles. The average molecular weight is 685 g/mol. The summed E-state index contributed by atoms with van der Waals surface area (Å²) in [5.41, 5.74) is 1.64. The first kappa shape index (κ1) is 39.6. The molecule has 13 heteroatoms. The van der Waals surface area contributed by atoms with Crippen LogP contribution >= 0.6 is 12.4 Å². The number of likely N-dealkylation sites (N-methyl/N-ethyl adjacent to an activating group) is 1. The van der Waals surface area contributed by atoms with Crippen LogP contribution in [0.2, 0.25) is 0 Å². The van der Waals surface area contributed by atoms with Crippen molar-refractivity contribution in [1.29, 1.82) is 5.26 Å². The molecule has 2 unspecified atom stereocenters. The van der Waals surface area contributed by atoms with Gasteiger partial charge in [0.1, 0.15) is 6.61 Å². The second-order valence-corrected chi connectivity index (χ2v) is 11.8. The van der Waals surface area contributed by atoms with Crippen molar-refractivity contribution in [2.24, 2.45) is 5.92 Å². The lowest BCUT2D eigenvalue weighted by molar-refractivity contribution is -0.384. The number of carbonyl (C=O) groups excluding carboxylic acids is 2. The average Bonchev–Trinajstić information content (AvgIpc) is 3.05. The quantitative estimate of drug-likeness (QED) is 0.137. The highest BCUT2D eigenvalue weighted by Crippen LogP contribution is 2.41. The Bertz CT molecular complexity index is 1600. The Hall–Kier alpha value is -4.60. The van der Waals surface area contributed by atoms with Gasteiger partial charge in [0, 0.05) is 30.1 Å². The van der Waals surface area contributed by atoms with Crippen molar-refractivity contribution in [3.8, 4) is 17.6 Å². The van der Waals surface area contributed by atoms with Crippen LogP contribution in [0.4, 0.5) is 5.69 Å². The van der Waals surface area contributed by atoms with Gasteiger partial charge >= 0.3 is 11.9 Å². The first-order chi connectivity index (χ1) is 22.3. The molecule has 12 nitrogen and oxygen atoms in total. The normalized spacial score (nSPS) is 15.6. The summed E-state index contributed by atoms with van der Waals surface area (Å²) in [5.74, 6) is -1.04. The maximum atomic E-state index is 13.6. The van der Waals surface area contributed by atoms with Crippen molar-refractivity contribution in [3.05, 3.63) is 86.2 Å². The third kappa shape index (κ3) is 8.65. The summed E-state index contributed by atoms with van der Waals surface area (Å²) in [6, 6.07) is 14.0. The second-order valence-electron chi connectivity index (χ2n) is 11.8. The van der Waals surface area contributed by atoms with Gasteiger partial charge in [-0.1, -0.05) is 32.0 Å². The van der Waals surface area contributed by atoms with Crippen molar-refractivity contribution in [1.82, 2.24) is 10.2 Å². The lowest BCUT2D eigenvalue weighted by atomic mass is 9.69. The molecule has 2 atom stereocenters. The Morgan fingerprint density at radius 3 is 2.23 bits per heavy atom.